The summed E-state index contributed by atoms with van der Waals surface area (Å²) in [5.74, 6) is 1.26. The second kappa shape index (κ2) is 7.17. The number of quaternary nitrogens is 2. The first-order valence-corrected chi connectivity index (χ1v) is 8.07. The van der Waals surface area contributed by atoms with Gasteiger partial charge in [0.25, 0.3) is 0 Å². The minimum absolute atomic E-state index is 1.26. The molecule has 1 aromatic rings. The number of piperazine rings is 1. The first kappa shape index (κ1) is 13.9. The molecule has 0 aliphatic carbocycles. The van der Waals surface area contributed by atoms with Gasteiger partial charge in [0.2, 0.25) is 0 Å². The van der Waals surface area contributed by atoms with Gasteiger partial charge in [0.05, 0.1) is 13.6 Å². The third kappa shape index (κ3) is 4.63. The van der Waals surface area contributed by atoms with E-state index in [1.54, 1.807) is 4.90 Å². The monoisotopic (exact) mass is 266 g/mol. The Morgan fingerprint density at radius 3 is 2.39 bits per heavy atom. The third-order valence-corrected chi connectivity index (χ3v) is 4.87. The van der Waals surface area contributed by atoms with E-state index in [1.807, 2.05) is 16.7 Å². The van der Waals surface area contributed by atoms with Crippen LogP contribution in [0.25, 0.3) is 0 Å². The van der Waals surface area contributed by atoms with Crippen LogP contribution in [-0.2, 0) is 0 Å². The van der Waals surface area contributed by atoms with Crippen molar-refractivity contribution in [3.05, 3.63) is 29.8 Å². The van der Waals surface area contributed by atoms with Crippen molar-refractivity contribution in [2.75, 3.05) is 45.5 Å². The van der Waals surface area contributed by atoms with Gasteiger partial charge in [-0.2, -0.15) is 0 Å². The summed E-state index contributed by atoms with van der Waals surface area (Å²) in [6.45, 7) is 8.92. The van der Waals surface area contributed by atoms with Crippen LogP contribution in [0.15, 0.2) is 29.2 Å². The largest absolute Gasteiger partial charge is 0.328 e. The van der Waals surface area contributed by atoms with Crippen molar-refractivity contribution in [3.63, 3.8) is 0 Å². The molecule has 1 aromatic carbocycles. The van der Waals surface area contributed by atoms with Crippen molar-refractivity contribution in [1.82, 2.24) is 0 Å². The molecule has 3 heteroatoms. The van der Waals surface area contributed by atoms with Crippen LogP contribution in [0.5, 0.6) is 0 Å². The number of nitrogens with one attached hydrogen (secondary N) is 2. The third-order valence-electron chi connectivity index (χ3n) is 3.78. The quantitative estimate of drug-likeness (QED) is 0.558. The zero-order valence-corrected chi connectivity index (χ0v) is 12.5. The maximum Gasteiger partial charge on any atom is 0.127 e. The molecule has 1 fully saturated rings. The first-order valence-electron chi connectivity index (χ1n) is 7.08. The molecule has 1 heterocycles. The Morgan fingerprint density at radius 1 is 1.06 bits per heavy atom. The highest BCUT2D eigenvalue weighted by atomic mass is 32.2. The second-order valence-electron chi connectivity index (χ2n) is 5.47. The topological polar surface area (TPSA) is 8.88 Å². The summed E-state index contributed by atoms with van der Waals surface area (Å²) < 4.78 is 0. The fourth-order valence-corrected chi connectivity index (χ4v) is 3.28. The van der Waals surface area contributed by atoms with E-state index in [0.29, 0.717) is 0 Å². The lowest BCUT2D eigenvalue weighted by molar-refractivity contribution is -1.00. The number of hydrogen-bond donors (Lipinski definition) is 2. The SMILES string of the molecule is Cc1ccc(SCCC[NH+]2CC[NH+](C)CC2)cc1. The zero-order valence-electron chi connectivity index (χ0n) is 11.7. The maximum atomic E-state index is 2.31. The number of aryl methyl sites for hydroxylation is 1. The maximum absolute atomic E-state index is 2.31. The highest BCUT2D eigenvalue weighted by Crippen LogP contribution is 2.18. The summed E-state index contributed by atoms with van der Waals surface area (Å²) in [4.78, 5) is 4.93. The summed E-state index contributed by atoms with van der Waals surface area (Å²) in [6.07, 6.45) is 1.34. The molecule has 2 nitrogen and oxygen atoms in total. The number of benzene rings is 1. The van der Waals surface area contributed by atoms with Gasteiger partial charge in [-0.3, -0.25) is 0 Å². The van der Waals surface area contributed by atoms with E-state index in [9.17, 15) is 0 Å². The van der Waals surface area contributed by atoms with Gasteiger partial charge in [-0.1, -0.05) is 17.7 Å². The van der Waals surface area contributed by atoms with E-state index < -0.39 is 0 Å². The normalized spacial score (nSPS) is 24.1. The van der Waals surface area contributed by atoms with E-state index in [1.165, 1.54) is 55.4 Å². The molecule has 1 saturated heterocycles. The summed E-state index contributed by atoms with van der Waals surface area (Å²) in [7, 11) is 2.31. The van der Waals surface area contributed by atoms with Gasteiger partial charge in [-0.05, 0) is 19.1 Å². The summed E-state index contributed by atoms with van der Waals surface area (Å²) in [6, 6.07) is 8.89. The molecular weight excluding hydrogens is 240 g/mol. The van der Waals surface area contributed by atoms with E-state index in [-0.39, 0.29) is 0 Å². The van der Waals surface area contributed by atoms with Crippen LogP contribution in [0.1, 0.15) is 12.0 Å². The molecule has 0 aromatic heterocycles. The summed E-state index contributed by atoms with van der Waals surface area (Å²) in [5.41, 5.74) is 1.35. The van der Waals surface area contributed by atoms with Crippen molar-refractivity contribution in [2.24, 2.45) is 0 Å². The Hall–Kier alpha value is -0.510. The summed E-state index contributed by atoms with van der Waals surface area (Å²) >= 11 is 2.00. The van der Waals surface area contributed by atoms with Crippen molar-refractivity contribution in [1.29, 1.82) is 0 Å². The second-order valence-corrected chi connectivity index (χ2v) is 6.64. The van der Waals surface area contributed by atoms with E-state index in [4.69, 9.17) is 0 Å². The van der Waals surface area contributed by atoms with Crippen LogP contribution < -0.4 is 9.80 Å². The number of hydrogen-bond acceptors (Lipinski definition) is 1. The minimum atomic E-state index is 1.26. The van der Waals surface area contributed by atoms with Gasteiger partial charge in [0, 0.05) is 17.1 Å². The highest BCUT2D eigenvalue weighted by molar-refractivity contribution is 7.99. The molecule has 0 amide bonds. The predicted octanol–water partition coefficient (Wildman–Crippen LogP) is -0.110. The van der Waals surface area contributed by atoms with Crippen LogP contribution in [0.3, 0.4) is 0 Å². The lowest BCUT2D eigenvalue weighted by Gasteiger charge is -2.27. The molecule has 0 atom stereocenters. The average molecular weight is 266 g/mol. The molecular formula is C15H26N2S+2. The Morgan fingerprint density at radius 2 is 1.72 bits per heavy atom. The fraction of sp³-hybridized carbons (Fsp3) is 0.600. The number of likely N-dealkylation sites (N-methyl/N-ethyl adjacent to an activating group) is 1. The standard InChI is InChI=1S/C15H24N2S/c1-14-4-6-15(7-5-14)18-13-3-8-17-11-9-16(2)10-12-17/h4-7H,3,8-13H2,1-2H3/p+2. The lowest BCUT2D eigenvalue weighted by atomic mass is 10.2. The van der Waals surface area contributed by atoms with E-state index in [2.05, 4.69) is 38.2 Å². The number of thioether (sulfide) groups is 1. The molecule has 2 N–H and O–H groups in total. The van der Waals surface area contributed by atoms with Crippen molar-refractivity contribution >= 4 is 11.8 Å². The van der Waals surface area contributed by atoms with Crippen LogP contribution in [0.4, 0.5) is 0 Å². The van der Waals surface area contributed by atoms with Gasteiger partial charge < -0.3 is 9.80 Å². The molecule has 0 bridgehead atoms. The molecule has 0 spiro atoms. The Bertz CT molecular complexity index is 342. The van der Waals surface area contributed by atoms with Crippen LogP contribution >= 0.6 is 11.8 Å². The molecule has 0 unspecified atom stereocenters. The molecule has 2 rings (SSSR count). The van der Waals surface area contributed by atoms with Gasteiger partial charge >= 0.3 is 0 Å². The van der Waals surface area contributed by atoms with Crippen LogP contribution in [0, 0.1) is 6.92 Å². The predicted molar refractivity (Wildman–Crippen MR) is 78.7 cm³/mol. The Kier molecular flexibility index (Phi) is 5.54. The number of rotatable bonds is 5. The van der Waals surface area contributed by atoms with Crippen molar-refractivity contribution in [2.45, 2.75) is 18.2 Å². The van der Waals surface area contributed by atoms with E-state index >= 15 is 0 Å². The summed E-state index contributed by atoms with van der Waals surface area (Å²) in [5, 5.41) is 0. The smallest absolute Gasteiger partial charge is 0.127 e. The average Bonchev–Trinajstić information content (AvgIpc) is 2.39. The van der Waals surface area contributed by atoms with Gasteiger partial charge in [-0.15, -0.1) is 11.8 Å². The minimum Gasteiger partial charge on any atom is -0.328 e. The van der Waals surface area contributed by atoms with Crippen molar-refractivity contribution < 1.29 is 9.80 Å². The molecule has 100 valence electrons. The molecule has 0 saturated carbocycles. The van der Waals surface area contributed by atoms with Gasteiger partial charge in [0.1, 0.15) is 26.2 Å². The molecule has 0 radical (unpaired) electrons. The van der Waals surface area contributed by atoms with E-state index in [0.717, 1.165) is 0 Å². The lowest BCUT2D eigenvalue weighted by Crippen LogP contribution is -3.27. The Labute approximate surface area is 115 Å². The first-order chi connectivity index (χ1) is 8.74. The zero-order chi connectivity index (χ0) is 12.8. The van der Waals surface area contributed by atoms with Crippen LogP contribution in [-0.4, -0.2) is 45.5 Å². The van der Waals surface area contributed by atoms with Crippen molar-refractivity contribution in [3.8, 4) is 0 Å². The molecule has 18 heavy (non-hydrogen) atoms. The van der Waals surface area contributed by atoms with Gasteiger partial charge in [-0.25, -0.2) is 0 Å². The molecule has 1 aliphatic heterocycles. The molecule has 1 aliphatic rings. The van der Waals surface area contributed by atoms with Gasteiger partial charge in [0.15, 0.2) is 0 Å². The Balaban J connectivity index is 1.60. The fourth-order valence-electron chi connectivity index (χ4n) is 2.43. The van der Waals surface area contributed by atoms with Crippen LogP contribution in [0.2, 0.25) is 0 Å². The highest BCUT2D eigenvalue weighted by Gasteiger charge is 2.18.